The molecule has 0 aliphatic rings. The second-order valence-corrected chi connectivity index (χ2v) is 4.71. The number of hydrogen-bond acceptors (Lipinski definition) is 3. The molecule has 0 aliphatic carbocycles. The molecule has 16 heavy (non-hydrogen) atoms. The van der Waals surface area contributed by atoms with Crippen LogP contribution in [-0.2, 0) is 9.53 Å². The molecule has 0 aromatic heterocycles. The zero-order chi connectivity index (χ0) is 12.6. The number of unbranched alkanes of at least 4 members (excludes halogenated alkanes) is 1. The third kappa shape index (κ3) is 6.08. The summed E-state index contributed by atoms with van der Waals surface area (Å²) in [5.41, 5.74) is 4.74. The van der Waals surface area contributed by atoms with Crippen molar-refractivity contribution in [3.63, 3.8) is 0 Å². The predicted molar refractivity (Wildman–Crippen MR) is 66.2 cm³/mol. The van der Waals surface area contributed by atoms with Gasteiger partial charge in [-0.05, 0) is 33.6 Å². The Labute approximate surface area is 98.9 Å². The third-order valence-electron chi connectivity index (χ3n) is 2.54. The zero-order valence-electron chi connectivity index (χ0n) is 11.0. The van der Waals surface area contributed by atoms with Gasteiger partial charge in [0.25, 0.3) is 0 Å². The lowest BCUT2D eigenvalue weighted by Crippen LogP contribution is -2.56. The number of hydrogen-bond donors (Lipinski definition) is 2. The molecule has 1 amide bonds. The summed E-state index contributed by atoms with van der Waals surface area (Å²) in [6.45, 7) is 9.28. The highest BCUT2D eigenvalue weighted by Gasteiger charge is 2.30. The molecule has 0 saturated heterocycles. The first-order valence-electron chi connectivity index (χ1n) is 6.07. The second-order valence-electron chi connectivity index (χ2n) is 4.71. The molecule has 0 fully saturated rings. The van der Waals surface area contributed by atoms with Gasteiger partial charge >= 0.3 is 0 Å². The van der Waals surface area contributed by atoms with Crippen molar-refractivity contribution in [1.82, 2.24) is 5.32 Å². The van der Waals surface area contributed by atoms with E-state index in [0.717, 1.165) is 19.4 Å². The average molecular weight is 230 g/mol. The summed E-state index contributed by atoms with van der Waals surface area (Å²) < 4.78 is 5.45. The largest absolute Gasteiger partial charge is 0.381 e. The van der Waals surface area contributed by atoms with Crippen molar-refractivity contribution in [3.05, 3.63) is 0 Å². The molecule has 0 heterocycles. The fraction of sp³-hybridized carbons (Fsp3) is 0.917. The standard InChI is InChI=1S/C12H26N2O2/c1-5-6-8-16-9-7-12(4,11(13)15)14-10(2)3/h10,14H,5-9H2,1-4H3,(H2,13,15). The molecule has 0 aromatic carbocycles. The summed E-state index contributed by atoms with van der Waals surface area (Å²) in [5, 5.41) is 3.19. The van der Waals surface area contributed by atoms with Gasteiger partial charge in [0, 0.05) is 19.3 Å². The van der Waals surface area contributed by atoms with E-state index in [4.69, 9.17) is 10.5 Å². The van der Waals surface area contributed by atoms with Crippen molar-refractivity contribution in [3.8, 4) is 0 Å². The molecular formula is C12H26N2O2. The molecule has 0 rings (SSSR count). The lowest BCUT2D eigenvalue weighted by atomic mass is 9.96. The van der Waals surface area contributed by atoms with E-state index in [0.29, 0.717) is 13.0 Å². The number of rotatable bonds is 9. The molecule has 0 saturated carbocycles. The summed E-state index contributed by atoms with van der Waals surface area (Å²) in [6.07, 6.45) is 2.80. The summed E-state index contributed by atoms with van der Waals surface area (Å²) >= 11 is 0. The first-order valence-corrected chi connectivity index (χ1v) is 6.07. The van der Waals surface area contributed by atoms with Crippen LogP contribution >= 0.6 is 0 Å². The van der Waals surface area contributed by atoms with Crippen LogP contribution in [0.1, 0.15) is 47.0 Å². The van der Waals surface area contributed by atoms with E-state index in [1.165, 1.54) is 0 Å². The highest BCUT2D eigenvalue weighted by atomic mass is 16.5. The van der Waals surface area contributed by atoms with E-state index >= 15 is 0 Å². The van der Waals surface area contributed by atoms with Gasteiger partial charge in [0.1, 0.15) is 0 Å². The first-order chi connectivity index (χ1) is 7.42. The van der Waals surface area contributed by atoms with Crippen LogP contribution in [0.25, 0.3) is 0 Å². The number of nitrogens with two attached hydrogens (primary N) is 1. The van der Waals surface area contributed by atoms with Gasteiger partial charge in [-0.3, -0.25) is 4.79 Å². The van der Waals surface area contributed by atoms with Crippen LogP contribution < -0.4 is 11.1 Å². The Hall–Kier alpha value is -0.610. The topological polar surface area (TPSA) is 64.3 Å². The van der Waals surface area contributed by atoms with Gasteiger partial charge in [-0.2, -0.15) is 0 Å². The summed E-state index contributed by atoms with van der Waals surface area (Å²) in [7, 11) is 0. The molecule has 4 nitrogen and oxygen atoms in total. The van der Waals surface area contributed by atoms with Crippen LogP contribution in [0.5, 0.6) is 0 Å². The van der Waals surface area contributed by atoms with Gasteiger partial charge in [0.05, 0.1) is 5.54 Å². The maximum Gasteiger partial charge on any atom is 0.237 e. The smallest absolute Gasteiger partial charge is 0.237 e. The first kappa shape index (κ1) is 15.4. The minimum absolute atomic E-state index is 0.230. The lowest BCUT2D eigenvalue weighted by molar-refractivity contribution is -0.124. The molecule has 0 radical (unpaired) electrons. The van der Waals surface area contributed by atoms with E-state index in [1.807, 2.05) is 20.8 Å². The van der Waals surface area contributed by atoms with Crippen molar-refractivity contribution < 1.29 is 9.53 Å². The Morgan fingerprint density at radius 1 is 1.44 bits per heavy atom. The normalized spacial score (nSPS) is 15.1. The van der Waals surface area contributed by atoms with Crippen molar-refractivity contribution in [2.75, 3.05) is 13.2 Å². The molecule has 3 N–H and O–H groups in total. The molecule has 0 spiro atoms. The van der Waals surface area contributed by atoms with Crippen LogP contribution in [0.15, 0.2) is 0 Å². The van der Waals surface area contributed by atoms with Crippen molar-refractivity contribution >= 4 is 5.91 Å². The van der Waals surface area contributed by atoms with Gasteiger partial charge in [0.2, 0.25) is 5.91 Å². The molecule has 4 heteroatoms. The van der Waals surface area contributed by atoms with Crippen molar-refractivity contribution in [1.29, 1.82) is 0 Å². The number of primary amides is 1. The molecule has 0 aromatic rings. The number of ether oxygens (including phenoxy) is 1. The van der Waals surface area contributed by atoms with E-state index < -0.39 is 5.54 Å². The van der Waals surface area contributed by atoms with Crippen LogP contribution in [0, 0.1) is 0 Å². The molecule has 0 aliphatic heterocycles. The van der Waals surface area contributed by atoms with Crippen molar-refractivity contribution in [2.24, 2.45) is 5.73 Å². The maximum absolute atomic E-state index is 11.4. The van der Waals surface area contributed by atoms with Crippen molar-refractivity contribution in [2.45, 2.75) is 58.5 Å². The fourth-order valence-electron chi connectivity index (χ4n) is 1.53. The number of nitrogens with one attached hydrogen (secondary N) is 1. The highest BCUT2D eigenvalue weighted by Crippen LogP contribution is 2.10. The third-order valence-corrected chi connectivity index (χ3v) is 2.54. The van der Waals surface area contributed by atoms with E-state index in [2.05, 4.69) is 12.2 Å². The quantitative estimate of drug-likeness (QED) is 0.589. The Morgan fingerprint density at radius 2 is 2.06 bits per heavy atom. The summed E-state index contributed by atoms with van der Waals surface area (Å²) in [6, 6.07) is 0.230. The summed E-state index contributed by atoms with van der Waals surface area (Å²) in [5.74, 6) is -0.319. The van der Waals surface area contributed by atoms with E-state index in [9.17, 15) is 4.79 Å². The zero-order valence-corrected chi connectivity index (χ0v) is 11.0. The van der Waals surface area contributed by atoms with Gasteiger partial charge in [-0.15, -0.1) is 0 Å². The Kier molecular flexibility index (Phi) is 7.34. The predicted octanol–water partition coefficient (Wildman–Crippen LogP) is 1.44. The monoisotopic (exact) mass is 230 g/mol. The average Bonchev–Trinajstić information content (AvgIpc) is 2.16. The fourth-order valence-corrected chi connectivity index (χ4v) is 1.53. The molecular weight excluding hydrogens is 204 g/mol. The Balaban J connectivity index is 3.98. The molecule has 96 valence electrons. The van der Waals surface area contributed by atoms with E-state index in [1.54, 1.807) is 0 Å². The van der Waals surface area contributed by atoms with Crippen LogP contribution in [0.2, 0.25) is 0 Å². The van der Waals surface area contributed by atoms with Gasteiger partial charge in [0.15, 0.2) is 0 Å². The molecule has 1 atom stereocenters. The minimum atomic E-state index is -0.666. The van der Waals surface area contributed by atoms with E-state index in [-0.39, 0.29) is 11.9 Å². The van der Waals surface area contributed by atoms with Gasteiger partial charge < -0.3 is 15.8 Å². The maximum atomic E-state index is 11.4. The summed E-state index contributed by atoms with van der Waals surface area (Å²) in [4.78, 5) is 11.4. The Morgan fingerprint density at radius 3 is 2.50 bits per heavy atom. The van der Waals surface area contributed by atoms with Crippen LogP contribution in [0.3, 0.4) is 0 Å². The highest BCUT2D eigenvalue weighted by molar-refractivity contribution is 5.84. The Bertz CT molecular complexity index is 207. The molecule has 1 unspecified atom stereocenters. The lowest BCUT2D eigenvalue weighted by Gasteiger charge is -2.29. The van der Waals surface area contributed by atoms with Crippen LogP contribution in [-0.4, -0.2) is 30.7 Å². The van der Waals surface area contributed by atoms with Gasteiger partial charge in [-0.1, -0.05) is 13.3 Å². The van der Waals surface area contributed by atoms with Crippen LogP contribution in [0.4, 0.5) is 0 Å². The second kappa shape index (κ2) is 7.63. The number of carbonyl (C=O) groups excluding carboxylic acids is 1. The van der Waals surface area contributed by atoms with Gasteiger partial charge in [-0.25, -0.2) is 0 Å². The minimum Gasteiger partial charge on any atom is -0.381 e. The molecule has 0 bridgehead atoms. The SMILES string of the molecule is CCCCOCCC(C)(NC(C)C)C(N)=O. The number of carbonyl (C=O) groups is 1. The number of amides is 1.